The van der Waals surface area contributed by atoms with Crippen molar-refractivity contribution in [2.24, 2.45) is 22.2 Å². The van der Waals surface area contributed by atoms with Crippen molar-refractivity contribution in [3.05, 3.63) is 93.8 Å². The number of aryl methyl sites for hydroxylation is 1. The van der Waals surface area contributed by atoms with Gasteiger partial charge in [0, 0.05) is 30.6 Å². The summed E-state index contributed by atoms with van der Waals surface area (Å²) in [6.45, 7) is 11.6. The van der Waals surface area contributed by atoms with Crippen molar-refractivity contribution in [2.45, 2.75) is 84.1 Å². The van der Waals surface area contributed by atoms with Crippen molar-refractivity contribution in [2.75, 3.05) is 39.8 Å². The van der Waals surface area contributed by atoms with Gasteiger partial charge in [-0.25, -0.2) is 9.79 Å². The Balaban J connectivity index is 1.04. The summed E-state index contributed by atoms with van der Waals surface area (Å²) in [5.41, 5.74) is 7.94. The molecule has 3 aliphatic heterocycles. The van der Waals surface area contributed by atoms with Gasteiger partial charge in [0.05, 0.1) is 49.0 Å². The SMILES string of the molecule is C[NH+]1CC(CC(=O)c2cccc([C@@H](CCN3CCC(c4cccc(C(=O)O)c4)CC3)NC(=O)C3=Nc4cc5c(nc4C3)CC[C@H](C(C)(C)C)C5)c2)C1. The maximum absolute atomic E-state index is 14.0. The summed E-state index contributed by atoms with van der Waals surface area (Å²) in [6, 6.07) is 17.1. The molecule has 0 radical (unpaired) electrons. The number of carboxylic acid groups (broad SMARTS) is 1. The van der Waals surface area contributed by atoms with Gasteiger partial charge < -0.3 is 20.2 Å². The highest BCUT2D eigenvalue weighted by Gasteiger charge is 2.33. The van der Waals surface area contributed by atoms with E-state index in [0.717, 1.165) is 93.0 Å². The van der Waals surface area contributed by atoms with E-state index in [9.17, 15) is 19.5 Å². The number of Topliss-reactive ketones (excluding diaryl/α,β-unsaturated/α-hetero) is 1. The third-order valence-electron chi connectivity index (χ3n) is 12.1. The van der Waals surface area contributed by atoms with Crippen molar-refractivity contribution in [3.8, 4) is 0 Å². The zero-order chi connectivity index (χ0) is 36.6. The number of piperidine rings is 1. The Morgan fingerprint density at radius 1 is 0.981 bits per heavy atom. The summed E-state index contributed by atoms with van der Waals surface area (Å²) in [6.07, 6.45) is 6.68. The molecule has 0 saturated carbocycles. The molecular formula is C43H54N5O4+. The van der Waals surface area contributed by atoms with Crippen molar-refractivity contribution >= 4 is 29.1 Å². The molecule has 7 rings (SSSR count). The second-order valence-corrected chi connectivity index (χ2v) is 16.9. The number of carbonyl (C=O) groups is 3. The molecule has 1 aliphatic carbocycles. The van der Waals surface area contributed by atoms with E-state index < -0.39 is 5.97 Å². The number of fused-ring (bicyclic) bond motifs is 2. The molecule has 9 nitrogen and oxygen atoms in total. The second kappa shape index (κ2) is 15.0. The van der Waals surface area contributed by atoms with Crippen LogP contribution in [0.5, 0.6) is 0 Å². The summed E-state index contributed by atoms with van der Waals surface area (Å²) >= 11 is 0. The van der Waals surface area contributed by atoms with Crippen molar-refractivity contribution in [1.82, 2.24) is 15.2 Å². The summed E-state index contributed by atoms with van der Waals surface area (Å²) in [7, 11) is 2.16. The zero-order valence-electron chi connectivity index (χ0n) is 31.2. The van der Waals surface area contributed by atoms with Gasteiger partial charge in [-0.1, -0.05) is 51.1 Å². The van der Waals surface area contributed by atoms with Crippen LogP contribution in [0.3, 0.4) is 0 Å². The number of ketones is 1. The Kier molecular flexibility index (Phi) is 10.5. The lowest BCUT2D eigenvalue weighted by atomic mass is 9.71. The van der Waals surface area contributed by atoms with E-state index in [1.165, 1.54) is 10.5 Å². The minimum atomic E-state index is -0.896. The highest BCUT2D eigenvalue weighted by Crippen LogP contribution is 2.39. The van der Waals surface area contributed by atoms with Crippen molar-refractivity contribution in [3.63, 3.8) is 0 Å². The van der Waals surface area contributed by atoms with Gasteiger partial charge >= 0.3 is 5.97 Å². The van der Waals surface area contributed by atoms with E-state index in [1.54, 1.807) is 6.07 Å². The standard InChI is InChI=1S/C43H53N5O4/c1-43(2,3)34-11-12-35-33(22-34)23-37-38(44-35)24-39(45-37)41(50)46-36(30-8-6-9-31(21-30)40(49)19-27-25-47(4)26-27)15-18-48-16-13-28(14-17-48)29-7-5-10-32(20-29)42(51)52/h5-10,20-21,23,27-28,34,36H,11-19,22,24-26H2,1-4H3,(H,46,50)(H,51,52)/p+1/t34-,36+/m0/s1. The first kappa shape index (κ1) is 36.2. The number of pyridine rings is 1. The molecule has 3 N–H and O–H groups in total. The molecule has 9 heteroatoms. The Bertz CT molecular complexity index is 1870. The summed E-state index contributed by atoms with van der Waals surface area (Å²) < 4.78 is 0. The molecule has 274 valence electrons. The third kappa shape index (κ3) is 8.21. The van der Waals surface area contributed by atoms with Gasteiger partial charge in [0.15, 0.2) is 5.78 Å². The third-order valence-corrected chi connectivity index (χ3v) is 12.1. The zero-order valence-corrected chi connectivity index (χ0v) is 31.2. The Morgan fingerprint density at radius 2 is 1.73 bits per heavy atom. The van der Waals surface area contributed by atoms with Crippen LogP contribution in [0.4, 0.5) is 5.69 Å². The fourth-order valence-electron chi connectivity index (χ4n) is 8.81. The minimum absolute atomic E-state index is 0.165. The number of nitrogens with zero attached hydrogens (tertiary/aromatic N) is 3. The first-order valence-corrected chi connectivity index (χ1v) is 19.3. The number of likely N-dealkylation sites (tertiary alicyclic amines) is 2. The fourth-order valence-corrected chi connectivity index (χ4v) is 8.81. The summed E-state index contributed by atoms with van der Waals surface area (Å²) in [5.74, 6) is 0.446. The Hall–Kier alpha value is -4.21. The number of amides is 1. The molecule has 1 amide bonds. The van der Waals surface area contributed by atoms with Gasteiger partial charge in [0.25, 0.3) is 5.91 Å². The molecule has 2 fully saturated rings. The van der Waals surface area contributed by atoms with E-state index in [0.29, 0.717) is 53.9 Å². The van der Waals surface area contributed by atoms with Gasteiger partial charge in [-0.15, -0.1) is 0 Å². The van der Waals surface area contributed by atoms with E-state index in [4.69, 9.17) is 9.98 Å². The monoisotopic (exact) mass is 704 g/mol. The molecule has 1 aromatic heterocycles. The van der Waals surface area contributed by atoms with Crippen LogP contribution in [-0.4, -0.2) is 78.1 Å². The van der Waals surface area contributed by atoms with Crippen LogP contribution in [0, 0.1) is 17.3 Å². The molecule has 2 aromatic carbocycles. The predicted octanol–water partition coefficient (Wildman–Crippen LogP) is 5.40. The van der Waals surface area contributed by atoms with Crippen LogP contribution in [0.1, 0.15) is 114 Å². The maximum Gasteiger partial charge on any atom is 0.335 e. The quantitative estimate of drug-likeness (QED) is 0.230. The van der Waals surface area contributed by atoms with Crippen LogP contribution in [0.25, 0.3) is 0 Å². The average molecular weight is 705 g/mol. The van der Waals surface area contributed by atoms with E-state index in [1.807, 2.05) is 42.5 Å². The number of hydrogen-bond donors (Lipinski definition) is 3. The number of hydrogen-bond acceptors (Lipinski definition) is 6. The molecule has 52 heavy (non-hydrogen) atoms. The lowest BCUT2D eigenvalue weighted by Gasteiger charge is -2.34. The number of benzene rings is 2. The van der Waals surface area contributed by atoms with Crippen LogP contribution in [-0.2, 0) is 24.1 Å². The molecule has 0 bridgehead atoms. The van der Waals surface area contributed by atoms with Gasteiger partial charge in [-0.05, 0) is 110 Å². The number of aliphatic imine (C=N–C) groups is 1. The molecule has 4 aliphatic rings. The number of carboxylic acids is 1. The molecule has 2 atom stereocenters. The molecule has 0 spiro atoms. The van der Waals surface area contributed by atoms with Gasteiger partial charge in [0.2, 0.25) is 0 Å². The fraction of sp³-hybridized carbons (Fsp3) is 0.512. The van der Waals surface area contributed by atoms with Crippen molar-refractivity contribution in [1.29, 1.82) is 0 Å². The van der Waals surface area contributed by atoms with E-state index in [2.05, 4.69) is 44.1 Å². The van der Waals surface area contributed by atoms with Crippen molar-refractivity contribution < 1.29 is 24.4 Å². The lowest BCUT2D eigenvalue weighted by molar-refractivity contribution is -0.931. The second-order valence-electron chi connectivity index (χ2n) is 16.9. The highest BCUT2D eigenvalue weighted by molar-refractivity contribution is 6.40. The number of aromatic carboxylic acids is 1. The van der Waals surface area contributed by atoms with Gasteiger partial charge in [0.1, 0.15) is 5.71 Å². The van der Waals surface area contributed by atoms with Gasteiger partial charge in [-0.2, -0.15) is 0 Å². The molecular weight excluding hydrogens is 651 g/mol. The first-order valence-electron chi connectivity index (χ1n) is 19.3. The number of aromatic nitrogens is 1. The smallest absolute Gasteiger partial charge is 0.335 e. The minimum Gasteiger partial charge on any atom is -0.478 e. The molecule has 4 heterocycles. The summed E-state index contributed by atoms with van der Waals surface area (Å²) in [5, 5.41) is 12.8. The maximum atomic E-state index is 14.0. The first-order chi connectivity index (χ1) is 24.9. The largest absolute Gasteiger partial charge is 0.478 e. The molecule has 2 saturated heterocycles. The van der Waals surface area contributed by atoms with Crippen LogP contribution >= 0.6 is 0 Å². The van der Waals surface area contributed by atoms with Gasteiger partial charge in [-0.3, -0.25) is 14.6 Å². The normalized spacial score (nSPS) is 22.5. The van der Waals surface area contributed by atoms with Crippen LogP contribution in [0.2, 0.25) is 0 Å². The van der Waals surface area contributed by atoms with Crippen LogP contribution < -0.4 is 10.2 Å². The highest BCUT2D eigenvalue weighted by atomic mass is 16.4. The Labute approximate surface area is 307 Å². The topological polar surface area (TPSA) is 116 Å². The number of carbonyl (C=O) groups excluding carboxylic acids is 2. The molecule has 0 unspecified atom stereocenters. The lowest BCUT2D eigenvalue weighted by Crippen LogP contribution is -3.17. The summed E-state index contributed by atoms with van der Waals surface area (Å²) in [4.78, 5) is 52.6. The van der Waals surface area contributed by atoms with E-state index >= 15 is 0 Å². The van der Waals surface area contributed by atoms with E-state index in [-0.39, 0.29) is 23.1 Å². The predicted molar refractivity (Wildman–Crippen MR) is 203 cm³/mol. The van der Waals surface area contributed by atoms with Crippen LogP contribution in [0.15, 0.2) is 59.6 Å². The number of rotatable bonds is 11. The average Bonchev–Trinajstić information content (AvgIpc) is 3.54. The Morgan fingerprint density at radius 3 is 2.46 bits per heavy atom. The molecule has 3 aromatic rings. The number of nitrogens with one attached hydrogen (secondary N) is 2. The number of quaternary nitrogens is 1.